The SMILES string of the molecule is CN(Cc1ccc(Cl)cc1)c1ccc([N+](=O)[O-])cc1[N+](=O)[O-]. The highest BCUT2D eigenvalue weighted by atomic mass is 35.5. The Labute approximate surface area is 131 Å². The number of hydrogen-bond acceptors (Lipinski definition) is 5. The van der Waals surface area contributed by atoms with Crippen molar-refractivity contribution in [1.82, 2.24) is 0 Å². The van der Waals surface area contributed by atoms with Crippen molar-refractivity contribution in [3.63, 3.8) is 0 Å². The molecule has 7 nitrogen and oxygen atoms in total. The first-order valence-electron chi connectivity index (χ1n) is 6.27. The average molecular weight is 322 g/mol. The molecule has 0 heterocycles. The Morgan fingerprint density at radius 2 is 1.68 bits per heavy atom. The molecule has 0 atom stereocenters. The lowest BCUT2D eigenvalue weighted by atomic mass is 10.2. The number of non-ortho nitro benzene ring substituents is 1. The van der Waals surface area contributed by atoms with E-state index in [1.54, 1.807) is 24.1 Å². The van der Waals surface area contributed by atoms with Crippen molar-refractivity contribution in [1.29, 1.82) is 0 Å². The van der Waals surface area contributed by atoms with Crippen molar-refractivity contribution in [2.45, 2.75) is 6.54 Å². The van der Waals surface area contributed by atoms with E-state index in [1.807, 2.05) is 12.1 Å². The summed E-state index contributed by atoms with van der Waals surface area (Å²) in [7, 11) is 1.68. The first kappa shape index (κ1) is 15.7. The number of nitro groups is 2. The number of halogens is 1. The minimum atomic E-state index is -0.657. The largest absolute Gasteiger partial charge is 0.365 e. The Morgan fingerprint density at radius 3 is 2.23 bits per heavy atom. The Bertz CT molecular complexity index is 719. The third-order valence-corrected chi connectivity index (χ3v) is 3.36. The van der Waals surface area contributed by atoms with Crippen LogP contribution < -0.4 is 4.90 Å². The summed E-state index contributed by atoms with van der Waals surface area (Å²) in [5.74, 6) is 0. The summed E-state index contributed by atoms with van der Waals surface area (Å²) in [4.78, 5) is 22.3. The molecule has 2 aromatic rings. The predicted molar refractivity (Wildman–Crippen MR) is 83.3 cm³/mol. The van der Waals surface area contributed by atoms with Crippen LogP contribution in [0.1, 0.15) is 5.56 Å². The molecule has 0 aliphatic heterocycles. The van der Waals surface area contributed by atoms with Crippen molar-refractivity contribution in [3.05, 3.63) is 73.3 Å². The zero-order chi connectivity index (χ0) is 16.3. The monoisotopic (exact) mass is 321 g/mol. The molecular formula is C14H12ClN3O4. The predicted octanol–water partition coefficient (Wildman–Crippen LogP) is 3.79. The van der Waals surface area contributed by atoms with Gasteiger partial charge >= 0.3 is 0 Å². The second-order valence-corrected chi connectivity index (χ2v) is 5.11. The Balaban J connectivity index is 2.32. The summed E-state index contributed by atoms with van der Waals surface area (Å²) < 4.78 is 0. The van der Waals surface area contributed by atoms with E-state index in [-0.39, 0.29) is 11.4 Å². The second kappa shape index (κ2) is 6.40. The van der Waals surface area contributed by atoms with E-state index < -0.39 is 9.85 Å². The highest BCUT2D eigenvalue weighted by Crippen LogP contribution is 2.32. The van der Waals surface area contributed by atoms with Crippen molar-refractivity contribution in [2.75, 3.05) is 11.9 Å². The lowest BCUT2D eigenvalue weighted by Crippen LogP contribution is -2.17. The zero-order valence-electron chi connectivity index (χ0n) is 11.6. The molecular weight excluding hydrogens is 310 g/mol. The lowest BCUT2D eigenvalue weighted by molar-refractivity contribution is -0.393. The molecule has 0 amide bonds. The minimum absolute atomic E-state index is 0.300. The van der Waals surface area contributed by atoms with Gasteiger partial charge in [0.25, 0.3) is 11.4 Å². The van der Waals surface area contributed by atoms with Crippen LogP contribution in [0, 0.1) is 20.2 Å². The second-order valence-electron chi connectivity index (χ2n) is 4.67. The van der Waals surface area contributed by atoms with Crippen molar-refractivity contribution in [2.24, 2.45) is 0 Å². The molecule has 22 heavy (non-hydrogen) atoms. The van der Waals surface area contributed by atoms with E-state index in [4.69, 9.17) is 11.6 Å². The van der Waals surface area contributed by atoms with Gasteiger partial charge in [0.1, 0.15) is 5.69 Å². The number of rotatable bonds is 5. The van der Waals surface area contributed by atoms with Crippen LogP contribution in [0.3, 0.4) is 0 Å². The summed E-state index contributed by atoms with van der Waals surface area (Å²) in [6.45, 7) is 0.413. The third-order valence-electron chi connectivity index (χ3n) is 3.11. The number of nitro benzene ring substituents is 2. The van der Waals surface area contributed by atoms with E-state index in [0.29, 0.717) is 17.3 Å². The molecule has 0 saturated heterocycles. The van der Waals surface area contributed by atoms with Crippen molar-refractivity contribution < 1.29 is 9.85 Å². The fourth-order valence-electron chi connectivity index (χ4n) is 2.04. The van der Waals surface area contributed by atoms with Crippen LogP contribution in [0.25, 0.3) is 0 Å². The first-order chi connectivity index (χ1) is 10.4. The standard InChI is InChI=1S/C14H12ClN3O4/c1-16(9-10-2-4-11(15)5-3-10)13-7-6-12(17(19)20)8-14(13)18(21)22/h2-8H,9H2,1H3. The van der Waals surface area contributed by atoms with Gasteiger partial charge in [-0.3, -0.25) is 20.2 Å². The molecule has 0 radical (unpaired) electrons. The van der Waals surface area contributed by atoms with E-state index in [9.17, 15) is 20.2 Å². The minimum Gasteiger partial charge on any atom is -0.365 e. The Morgan fingerprint density at radius 1 is 1.05 bits per heavy atom. The van der Waals surface area contributed by atoms with Gasteiger partial charge in [0.15, 0.2) is 0 Å². The Kier molecular flexibility index (Phi) is 4.57. The van der Waals surface area contributed by atoms with Crippen LogP contribution >= 0.6 is 11.6 Å². The van der Waals surface area contributed by atoms with E-state index in [1.165, 1.54) is 12.1 Å². The highest BCUT2D eigenvalue weighted by Gasteiger charge is 2.21. The first-order valence-corrected chi connectivity index (χ1v) is 6.64. The highest BCUT2D eigenvalue weighted by molar-refractivity contribution is 6.30. The van der Waals surface area contributed by atoms with Gasteiger partial charge in [-0.1, -0.05) is 23.7 Å². The maximum absolute atomic E-state index is 11.1. The fraction of sp³-hybridized carbons (Fsp3) is 0.143. The normalized spacial score (nSPS) is 10.3. The smallest absolute Gasteiger partial charge is 0.299 e. The maximum Gasteiger partial charge on any atom is 0.299 e. The van der Waals surface area contributed by atoms with Gasteiger partial charge in [0.05, 0.1) is 15.9 Å². The van der Waals surface area contributed by atoms with Gasteiger partial charge in [-0.25, -0.2) is 0 Å². The molecule has 0 bridgehead atoms. The summed E-state index contributed by atoms with van der Waals surface area (Å²) >= 11 is 5.81. The van der Waals surface area contributed by atoms with E-state index in [2.05, 4.69) is 0 Å². The molecule has 8 heteroatoms. The number of anilines is 1. The zero-order valence-corrected chi connectivity index (χ0v) is 12.4. The summed E-state index contributed by atoms with van der Waals surface area (Å²) in [6, 6.07) is 10.7. The summed E-state index contributed by atoms with van der Waals surface area (Å²) in [5, 5.41) is 22.5. The molecule has 0 unspecified atom stereocenters. The van der Waals surface area contributed by atoms with E-state index >= 15 is 0 Å². The number of hydrogen-bond donors (Lipinski definition) is 0. The lowest BCUT2D eigenvalue weighted by Gasteiger charge is -2.19. The van der Waals surface area contributed by atoms with Gasteiger partial charge in [-0.2, -0.15) is 0 Å². The molecule has 0 N–H and O–H groups in total. The molecule has 0 aliphatic carbocycles. The molecule has 114 valence electrons. The van der Waals surface area contributed by atoms with Crippen molar-refractivity contribution in [3.8, 4) is 0 Å². The van der Waals surface area contributed by atoms with Crippen LogP contribution in [0.4, 0.5) is 17.1 Å². The van der Waals surface area contributed by atoms with Gasteiger partial charge in [-0.15, -0.1) is 0 Å². The average Bonchev–Trinajstić information content (AvgIpc) is 2.48. The molecule has 2 aromatic carbocycles. The summed E-state index contributed by atoms with van der Waals surface area (Å²) in [5.41, 5.74) is 0.617. The third kappa shape index (κ3) is 3.50. The summed E-state index contributed by atoms with van der Waals surface area (Å²) in [6.07, 6.45) is 0. The van der Waals surface area contributed by atoms with Gasteiger partial charge < -0.3 is 4.90 Å². The number of benzene rings is 2. The van der Waals surface area contributed by atoms with Crippen LogP contribution in [-0.4, -0.2) is 16.9 Å². The van der Waals surface area contributed by atoms with Crippen LogP contribution in [-0.2, 0) is 6.54 Å². The van der Waals surface area contributed by atoms with Gasteiger partial charge in [0.2, 0.25) is 0 Å². The maximum atomic E-state index is 11.1. The van der Waals surface area contributed by atoms with E-state index in [0.717, 1.165) is 11.6 Å². The topological polar surface area (TPSA) is 89.5 Å². The van der Waals surface area contributed by atoms with Crippen LogP contribution in [0.15, 0.2) is 42.5 Å². The molecule has 0 saturated carbocycles. The molecule has 0 aromatic heterocycles. The molecule has 0 fully saturated rings. The van der Waals surface area contributed by atoms with Crippen molar-refractivity contribution >= 4 is 28.7 Å². The Hall–Kier alpha value is -2.67. The van der Waals surface area contributed by atoms with Crippen LogP contribution in [0.2, 0.25) is 5.02 Å². The van der Waals surface area contributed by atoms with Gasteiger partial charge in [0, 0.05) is 24.7 Å². The fourth-order valence-corrected chi connectivity index (χ4v) is 2.17. The van der Waals surface area contributed by atoms with Gasteiger partial charge in [-0.05, 0) is 23.8 Å². The molecule has 2 rings (SSSR count). The molecule has 0 aliphatic rings. The quantitative estimate of drug-likeness (QED) is 0.617. The number of nitrogens with zero attached hydrogens (tertiary/aromatic N) is 3. The van der Waals surface area contributed by atoms with Crippen LogP contribution in [0.5, 0.6) is 0 Å². The molecule has 0 spiro atoms.